The van der Waals surface area contributed by atoms with E-state index in [4.69, 9.17) is 12.2 Å². The number of carbonyl (C=O) groups is 2. The molecule has 0 radical (unpaired) electrons. The Bertz CT molecular complexity index is 355. The molecule has 80 valence electrons. The van der Waals surface area contributed by atoms with Crippen LogP contribution < -0.4 is 0 Å². The van der Waals surface area contributed by atoms with E-state index in [9.17, 15) is 9.59 Å². The number of hydrogen-bond donors (Lipinski definition) is 0. The second-order valence-electron chi connectivity index (χ2n) is 2.93. The van der Waals surface area contributed by atoms with E-state index in [0.29, 0.717) is 13.1 Å². The van der Waals surface area contributed by atoms with Gasteiger partial charge in [-0.1, -0.05) is 6.58 Å². The second-order valence-corrected chi connectivity index (χ2v) is 3.30. The number of rotatable bonds is 2. The van der Waals surface area contributed by atoms with Crippen molar-refractivity contribution in [2.45, 2.75) is 13.8 Å². The number of thiocarbonyl (C=S) groups is 1. The summed E-state index contributed by atoms with van der Waals surface area (Å²) in [5.41, 5.74) is 2.34. The number of likely N-dealkylation sites (N-methyl/N-ethyl adjacent to an activating group) is 2. The molecule has 0 saturated carbocycles. The van der Waals surface area contributed by atoms with E-state index in [0.717, 1.165) is 0 Å². The minimum atomic E-state index is -0.410. The average molecular weight is 224 g/mol. The minimum absolute atomic E-state index is 0.0349. The fourth-order valence-electron chi connectivity index (χ4n) is 1.39. The predicted molar refractivity (Wildman–Crippen MR) is 60.0 cm³/mol. The van der Waals surface area contributed by atoms with Crippen LogP contribution in [-0.4, -0.2) is 39.8 Å². The van der Waals surface area contributed by atoms with Gasteiger partial charge in [0.2, 0.25) is 0 Å². The van der Waals surface area contributed by atoms with Crippen LogP contribution in [0.1, 0.15) is 13.8 Å². The highest BCUT2D eigenvalue weighted by Gasteiger charge is 2.37. The molecule has 0 unspecified atom stereocenters. The van der Waals surface area contributed by atoms with Crippen molar-refractivity contribution in [1.82, 2.24) is 9.80 Å². The Morgan fingerprint density at radius 2 is 1.60 bits per heavy atom. The predicted octanol–water partition coefficient (Wildman–Crippen LogP) is 0.693. The van der Waals surface area contributed by atoms with Gasteiger partial charge in [0.1, 0.15) is 5.57 Å². The van der Waals surface area contributed by atoms with E-state index >= 15 is 0 Å². The quantitative estimate of drug-likeness (QED) is 0.300. The molecule has 4 nitrogen and oxygen atoms in total. The van der Waals surface area contributed by atoms with Crippen LogP contribution in [0.3, 0.4) is 0 Å². The van der Waals surface area contributed by atoms with Crippen molar-refractivity contribution in [3.63, 3.8) is 0 Å². The van der Waals surface area contributed by atoms with Crippen LogP contribution in [0.25, 0.3) is 0 Å². The maximum Gasteiger partial charge on any atom is 0.273 e. The Labute approximate surface area is 93.8 Å². The average Bonchev–Trinajstić information content (AvgIpc) is 2.19. The van der Waals surface area contributed by atoms with Crippen molar-refractivity contribution >= 4 is 29.1 Å². The summed E-state index contributed by atoms with van der Waals surface area (Å²) in [6.45, 7) is 7.82. The Morgan fingerprint density at radius 3 is 1.87 bits per heavy atom. The molecule has 0 aromatic heterocycles. The maximum atomic E-state index is 11.7. The molecule has 0 bridgehead atoms. The first-order valence-electron chi connectivity index (χ1n) is 4.66. The summed E-state index contributed by atoms with van der Waals surface area (Å²) in [6.07, 6.45) is 0. The molecule has 0 spiro atoms. The van der Waals surface area contributed by atoms with Crippen LogP contribution >= 0.6 is 12.2 Å². The van der Waals surface area contributed by atoms with Crippen LogP contribution in [0.4, 0.5) is 0 Å². The summed E-state index contributed by atoms with van der Waals surface area (Å²) in [4.78, 5) is 26.2. The molecule has 1 aliphatic heterocycles. The zero-order valence-corrected chi connectivity index (χ0v) is 9.56. The first kappa shape index (κ1) is 11.6. The van der Waals surface area contributed by atoms with Gasteiger partial charge >= 0.3 is 0 Å². The van der Waals surface area contributed by atoms with Gasteiger partial charge in [0.25, 0.3) is 11.8 Å². The Morgan fingerprint density at radius 1 is 1.20 bits per heavy atom. The molecule has 2 amide bonds. The van der Waals surface area contributed by atoms with Crippen molar-refractivity contribution in [2.75, 3.05) is 13.1 Å². The summed E-state index contributed by atoms with van der Waals surface area (Å²) in [6, 6.07) is 0. The largest absolute Gasteiger partial charge is 0.284 e. The van der Waals surface area contributed by atoms with Gasteiger partial charge in [0.05, 0.1) is 0 Å². The van der Waals surface area contributed by atoms with Crippen molar-refractivity contribution in [3.05, 3.63) is 17.9 Å². The summed E-state index contributed by atoms with van der Waals surface area (Å²) < 4.78 is 0. The first-order valence-corrected chi connectivity index (χ1v) is 5.07. The van der Waals surface area contributed by atoms with E-state index in [-0.39, 0.29) is 10.7 Å². The van der Waals surface area contributed by atoms with E-state index in [1.54, 1.807) is 13.8 Å². The molecule has 1 aliphatic rings. The zero-order chi connectivity index (χ0) is 11.6. The van der Waals surface area contributed by atoms with Gasteiger partial charge in [-0.25, -0.2) is 0 Å². The molecule has 0 aromatic carbocycles. The van der Waals surface area contributed by atoms with E-state index in [1.807, 2.05) is 0 Å². The van der Waals surface area contributed by atoms with Crippen LogP contribution in [0.2, 0.25) is 0 Å². The fraction of sp³-hybridized carbons (Fsp3) is 0.400. The topological polar surface area (TPSA) is 40.6 Å². The third kappa shape index (κ3) is 1.71. The zero-order valence-electron chi connectivity index (χ0n) is 8.74. The second kappa shape index (κ2) is 4.38. The lowest BCUT2D eigenvalue weighted by atomic mass is 10.1. The Kier molecular flexibility index (Phi) is 3.39. The molecule has 1 heterocycles. The van der Waals surface area contributed by atoms with Gasteiger partial charge in [-0.05, 0) is 26.1 Å². The lowest BCUT2D eigenvalue weighted by molar-refractivity contribution is -0.133. The van der Waals surface area contributed by atoms with Crippen LogP contribution in [0, 0.1) is 0 Å². The third-order valence-corrected chi connectivity index (χ3v) is 2.63. The highest BCUT2D eigenvalue weighted by molar-refractivity contribution is 7.80. The molecule has 0 atom stereocenters. The number of carbonyl (C=O) groups excluding carboxylic acids is 2. The number of hydrogen-bond acceptors (Lipinski definition) is 3. The summed E-state index contributed by atoms with van der Waals surface area (Å²) >= 11 is 5.05. The molecule has 0 N–H and O–H groups in total. The molecular formula is C10H12N2O2S. The van der Waals surface area contributed by atoms with E-state index in [2.05, 4.69) is 12.3 Å². The molecular weight excluding hydrogens is 212 g/mol. The molecule has 1 rings (SSSR count). The Balaban J connectivity index is 3.21. The smallest absolute Gasteiger partial charge is 0.273 e. The van der Waals surface area contributed by atoms with Gasteiger partial charge in [-0.15, -0.1) is 5.73 Å². The first-order chi connectivity index (χ1) is 7.08. The van der Waals surface area contributed by atoms with Gasteiger partial charge < -0.3 is 0 Å². The molecule has 15 heavy (non-hydrogen) atoms. The third-order valence-electron chi connectivity index (χ3n) is 2.19. The summed E-state index contributed by atoms with van der Waals surface area (Å²) in [5.74, 6) is -0.820. The van der Waals surface area contributed by atoms with Crippen LogP contribution in [-0.2, 0) is 9.59 Å². The van der Waals surface area contributed by atoms with Crippen molar-refractivity contribution in [2.24, 2.45) is 0 Å². The van der Waals surface area contributed by atoms with Crippen molar-refractivity contribution in [1.29, 1.82) is 0 Å². The SMILES string of the molecule is C=C=C1C(=O)N(CC)C(=S)N(CC)C1=O. The molecule has 0 aliphatic carbocycles. The molecule has 1 fully saturated rings. The number of nitrogens with zero attached hydrogens (tertiary/aromatic N) is 2. The molecule has 1 saturated heterocycles. The maximum absolute atomic E-state index is 11.7. The van der Waals surface area contributed by atoms with Gasteiger partial charge in [0.15, 0.2) is 5.11 Å². The minimum Gasteiger partial charge on any atom is -0.284 e. The molecule has 0 aromatic rings. The van der Waals surface area contributed by atoms with E-state index in [1.165, 1.54) is 9.80 Å². The Hall–Kier alpha value is -1.45. The highest BCUT2D eigenvalue weighted by atomic mass is 32.1. The van der Waals surface area contributed by atoms with E-state index < -0.39 is 11.8 Å². The lowest BCUT2D eigenvalue weighted by Crippen LogP contribution is -2.55. The van der Waals surface area contributed by atoms with Gasteiger partial charge in [-0.2, -0.15) is 0 Å². The number of amides is 2. The van der Waals surface area contributed by atoms with Crippen molar-refractivity contribution < 1.29 is 9.59 Å². The summed E-state index contributed by atoms with van der Waals surface area (Å²) in [7, 11) is 0. The highest BCUT2D eigenvalue weighted by Crippen LogP contribution is 2.15. The van der Waals surface area contributed by atoms with Crippen molar-refractivity contribution in [3.8, 4) is 0 Å². The monoisotopic (exact) mass is 224 g/mol. The summed E-state index contributed by atoms with van der Waals surface area (Å²) in [5, 5.41) is 0.258. The standard InChI is InChI=1S/C10H12N2O2S/c1-4-7-8(13)11(5-2)10(15)12(6-3)9(7)14/h1,5-6H2,2-3H3. The van der Waals surface area contributed by atoms with Crippen LogP contribution in [0.15, 0.2) is 17.9 Å². The normalized spacial score (nSPS) is 17.2. The molecule has 5 heteroatoms. The van der Waals surface area contributed by atoms with Gasteiger partial charge in [0, 0.05) is 13.1 Å². The fourth-order valence-corrected chi connectivity index (χ4v) is 1.81. The lowest BCUT2D eigenvalue weighted by Gasteiger charge is -2.34. The van der Waals surface area contributed by atoms with Crippen LogP contribution in [0.5, 0.6) is 0 Å². The van der Waals surface area contributed by atoms with Gasteiger partial charge in [-0.3, -0.25) is 19.4 Å².